The van der Waals surface area contributed by atoms with Crippen LogP contribution in [0.5, 0.6) is 0 Å². The molecule has 21 heavy (non-hydrogen) atoms. The number of hydrogen-bond donors (Lipinski definition) is 0. The maximum Gasteiger partial charge on any atom is 0.390 e. The number of benzene rings is 1. The van der Waals surface area contributed by atoms with Gasteiger partial charge in [0.1, 0.15) is 0 Å². The van der Waals surface area contributed by atoms with Crippen LogP contribution in [-0.2, 0) is 22.3 Å². The van der Waals surface area contributed by atoms with Gasteiger partial charge in [0.25, 0.3) is 0 Å². The molecule has 0 spiro atoms. The molecule has 0 aromatic heterocycles. The van der Waals surface area contributed by atoms with Crippen LogP contribution in [0, 0.1) is 0 Å². The van der Waals surface area contributed by atoms with Crippen LogP contribution in [0.2, 0.25) is 0 Å². The van der Waals surface area contributed by atoms with Crippen LogP contribution in [0.15, 0.2) is 23.1 Å². The van der Waals surface area contributed by atoms with E-state index < -0.39 is 29.2 Å². The quantitative estimate of drug-likeness (QED) is 0.741. The topological polar surface area (TPSA) is 37.4 Å². The Labute approximate surface area is 127 Å². The lowest BCUT2D eigenvalue weighted by molar-refractivity contribution is -0.135. The summed E-state index contributed by atoms with van der Waals surface area (Å²) in [5.74, 6) is 0.152. The second-order valence-corrected chi connectivity index (χ2v) is 6.92. The van der Waals surface area contributed by atoms with Gasteiger partial charge in [0.05, 0.1) is 11.3 Å². The summed E-state index contributed by atoms with van der Waals surface area (Å²) in [5.41, 5.74) is 1.59. The fourth-order valence-corrected chi connectivity index (χ4v) is 3.29. The molecule has 0 aliphatic rings. The van der Waals surface area contributed by atoms with Crippen LogP contribution >= 0.6 is 11.6 Å². The van der Waals surface area contributed by atoms with Gasteiger partial charge in [0, 0.05) is 19.5 Å². The molecule has 1 aromatic carbocycles. The highest BCUT2D eigenvalue weighted by molar-refractivity contribution is 7.89. The van der Waals surface area contributed by atoms with Crippen molar-refractivity contribution in [2.24, 2.45) is 0 Å². The molecule has 0 saturated heterocycles. The Morgan fingerprint density at radius 3 is 2.33 bits per heavy atom. The van der Waals surface area contributed by atoms with Crippen molar-refractivity contribution in [3.05, 3.63) is 29.3 Å². The van der Waals surface area contributed by atoms with Gasteiger partial charge >= 0.3 is 6.18 Å². The monoisotopic (exact) mass is 343 g/mol. The molecule has 0 saturated carbocycles. The molecule has 0 aliphatic carbocycles. The average Bonchev–Trinajstić information content (AvgIpc) is 2.42. The van der Waals surface area contributed by atoms with Crippen molar-refractivity contribution in [2.45, 2.75) is 36.7 Å². The first-order chi connectivity index (χ1) is 9.61. The van der Waals surface area contributed by atoms with Crippen LogP contribution in [0.25, 0.3) is 0 Å². The number of alkyl halides is 4. The first kappa shape index (κ1) is 18.3. The highest BCUT2D eigenvalue weighted by atomic mass is 35.5. The summed E-state index contributed by atoms with van der Waals surface area (Å²) >= 11 is 5.78. The van der Waals surface area contributed by atoms with E-state index in [1.165, 1.54) is 12.1 Å². The Balaban J connectivity index is 3.02. The van der Waals surface area contributed by atoms with Gasteiger partial charge in [-0.1, -0.05) is 13.0 Å². The van der Waals surface area contributed by atoms with E-state index in [-0.39, 0.29) is 10.8 Å². The van der Waals surface area contributed by atoms with Gasteiger partial charge in [-0.2, -0.15) is 13.2 Å². The molecule has 0 atom stereocenters. The van der Waals surface area contributed by atoms with Crippen molar-refractivity contribution in [2.75, 3.05) is 13.6 Å². The Morgan fingerprint density at radius 2 is 1.86 bits per heavy atom. The second kappa shape index (κ2) is 6.98. The first-order valence-electron chi connectivity index (χ1n) is 6.32. The molecule has 1 aromatic rings. The minimum atomic E-state index is -4.39. The molecular weight excluding hydrogens is 327 g/mol. The minimum absolute atomic E-state index is 0.0416. The average molecular weight is 344 g/mol. The lowest BCUT2D eigenvalue weighted by Gasteiger charge is -2.19. The fourth-order valence-electron chi connectivity index (χ4n) is 1.82. The molecule has 8 heteroatoms. The van der Waals surface area contributed by atoms with Crippen LogP contribution in [-0.4, -0.2) is 32.5 Å². The summed E-state index contributed by atoms with van der Waals surface area (Å²) in [6.07, 6.45) is -4.87. The van der Waals surface area contributed by atoms with Crippen molar-refractivity contribution < 1.29 is 21.6 Å². The Bertz CT molecular complexity index is 588. The van der Waals surface area contributed by atoms with E-state index in [2.05, 4.69) is 0 Å². The van der Waals surface area contributed by atoms with Gasteiger partial charge in [-0.25, -0.2) is 12.7 Å². The number of nitrogens with zero attached hydrogens (tertiary/aromatic N) is 1. The van der Waals surface area contributed by atoms with E-state index in [1.54, 1.807) is 6.07 Å². The van der Waals surface area contributed by atoms with Crippen molar-refractivity contribution in [3.63, 3.8) is 0 Å². The summed E-state index contributed by atoms with van der Waals surface area (Å²) < 4.78 is 61.7. The SMILES string of the molecule is CCc1ccc(S(=O)(=O)N(C)CCC(F)(F)F)cc1CCl. The Hall–Kier alpha value is -0.790. The second-order valence-electron chi connectivity index (χ2n) is 4.61. The highest BCUT2D eigenvalue weighted by Crippen LogP contribution is 2.24. The van der Waals surface area contributed by atoms with E-state index >= 15 is 0 Å². The summed E-state index contributed by atoms with van der Waals surface area (Å²) in [5, 5.41) is 0. The van der Waals surface area contributed by atoms with Gasteiger partial charge in [-0.05, 0) is 29.7 Å². The third-order valence-electron chi connectivity index (χ3n) is 3.12. The predicted molar refractivity (Wildman–Crippen MR) is 75.9 cm³/mol. The molecule has 0 fully saturated rings. The number of aryl methyl sites for hydroxylation is 1. The van der Waals surface area contributed by atoms with Crippen LogP contribution in [0.3, 0.4) is 0 Å². The van der Waals surface area contributed by atoms with Gasteiger partial charge < -0.3 is 0 Å². The van der Waals surface area contributed by atoms with Gasteiger partial charge in [-0.15, -0.1) is 11.6 Å². The lowest BCUT2D eigenvalue weighted by atomic mass is 10.1. The van der Waals surface area contributed by atoms with E-state index in [0.29, 0.717) is 16.3 Å². The largest absolute Gasteiger partial charge is 0.390 e. The number of rotatable bonds is 6. The third kappa shape index (κ3) is 4.86. The van der Waals surface area contributed by atoms with Gasteiger partial charge in [0.2, 0.25) is 10.0 Å². The minimum Gasteiger partial charge on any atom is -0.207 e. The van der Waals surface area contributed by atoms with Gasteiger partial charge in [0.15, 0.2) is 0 Å². The Kier molecular flexibility index (Phi) is 6.07. The maximum absolute atomic E-state index is 12.2. The maximum atomic E-state index is 12.2. The smallest absolute Gasteiger partial charge is 0.207 e. The van der Waals surface area contributed by atoms with Crippen molar-refractivity contribution in [3.8, 4) is 0 Å². The van der Waals surface area contributed by atoms with Crippen molar-refractivity contribution in [1.82, 2.24) is 4.31 Å². The normalized spacial score (nSPS) is 12.9. The van der Waals surface area contributed by atoms with Crippen LogP contribution < -0.4 is 0 Å². The van der Waals surface area contributed by atoms with E-state index in [0.717, 1.165) is 12.6 Å². The van der Waals surface area contributed by atoms with Crippen molar-refractivity contribution >= 4 is 21.6 Å². The number of sulfonamides is 1. The summed E-state index contributed by atoms with van der Waals surface area (Å²) in [6.45, 7) is 1.30. The zero-order valence-corrected chi connectivity index (χ0v) is 13.3. The summed E-state index contributed by atoms with van der Waals surface area (Å²) in [4.78, 5) is -0.0416. The molecule has 1 rings (SSSR count). The molecule has 0 bridgehead atoms. The molecule has 0 amide bonds. The zero-order valence-electron chi connectivity index (χ0n) is 11.7. The lowest BCUT2D eigenvalue weighted by Crippen LogP contribution is -2.30. The molecule has 0 aliphatic heterocycles. The molecule has 3 nitrogen and oxygen atoms in total. The summed E-state index contributed by atoms with van der Waals surface area (Å²) in [7, 11) is -2.81. The van der Waals surface area contributed by atoms with E-state index in [9.17, 15) is 21.6 Å². The molecular formula is C13H17ClF3NO2S. The van der Waals surface area contributed by atoms with E-state index in [4.69, 9.17) is 11.6 Å². The molecule has 0 radical (unpaired) electrons. The molecule has 0 N–H and O–H groups in total. The van der Waals surface area contributed by atoms with Crippen molar-refractivity contribution in [1.29, 1.82) is 0 Å². The standard InChI is InChI=1S/C13H17ClF3NO2S/c1-3-10-4-5-12(8-11(10)9-14)21(19,20)18(2)7-6-13(15,16)17/h4-5,8H,3,6-7,9H2,1-2H3. The van der Waals surface area contributed by atoms with E-state index in [1.807, 2.05) is 6.92 Å². The predicted octanol–water partition coefficient (Wildman–Crippen LogP) is 3.56. The first-order valence-corrected chi connectivity index (χ1v) is 8.30. The molecule has 120 valence electrons. The number of halogens is 4. The highest BCUT2D eigenvalue weighted by Gasteiger charge is 2.30. The number of hydrogen-bond acceptors (Lipinski definition) is 2. The van der Waals surface area contributed by atoms with Crippen LogP contribution in [0.1, 0.15) is 24.5 Å². The zero-order chi connectivity index (χ0) is 16.3. The van der Waals surface area contributed by atoms with Crippen LogP contribution in [0.4, 0.5) is 13.2 Å². The third-order valence-corrected chi connectivity index (χ3v) is 5.26. The van der Waals surface area contributed by atoms with Gasteiger partial charge in [-0.3, -0.25) is 0 Å². The summed E-state index contributed by atoms with van der Waals surface area (Å²) in [6, 6.07) is 4.46. The molecule has 0 heterocycles. The Morgan fingerprint density at radius 1 is 1.24 bits per heavy atom. The fraction of sp³-hybridized carbons (Fsp3) is 0.538. The molecule has 0 unspecified atom stereocenters.